The Morgan fingerprint density at radius 3 is 2.33 bits per heavy atom. The van der Waals surface area contributed by atoms with Crippen LogP contribution in [0.5, 0.6) is 0 Å². The second kappa shape index (κ2) is 8.12. The van der Waals surface area contributed by atoms with Crippen molar-refractivity contribution in [3.05, 3.63) is 0 Å². The van der Waals surface area contributed by atoms with Gasteiger partial charge in [-0.3, -0.25) is 0 Å². The molecule has 0 aliphatic heterocycles. The lowest BCUT2D eigenvalue weighted by atomic mass is 9.96. The highest BCUT2D eigenvalue weighted by Gasteiger charge is 2.11. The van der Waals surface area contributed by atoms with Crippen LogP contribution in [0.4, 0.5) is 0 Å². The van der Waals surface area contributed by atoms with E-state index in [1.165, 1.54) is 44.9 Å². The third-order valence-corrected chi connectivity index (χ3v) is 3.31. The monoisotopic (exact) mass is 213 g/mol. The fourth-order valence-electron chi connectivity index (χ4n) is 2.37. The fraction of sp³-hybridized carbons (Fsp3) is 1.00. The molecule has 0 aromatic heterocycles. The molecule has 0 heterocycles. The van der Waals surface area contributed by atoms with Crippen LogP contribution in [0.15, 0.2) is 0 Å². The first-order valence-electron chi connectivity index (χ1n) is 6.55. The molecule has 1 saturated carbocycles. The lowest BCUT2D eigenvalue weighted by Crippen LogP contribution is -2.34. The molecule has 0 radical (unpaired) electrons. The molecule has 0 spiro atoms. The van der Waals surface area contributed by atoms with Crippen molar-refractivity contribution in [3.63, 3.8) is 0 Å². The van der Waals surface area contributed by atoms with Crippen LogP contribution in [-0.4, -0.2) is 26.3 Å². The van der Waals surface area contributed by atoms with E-state index in [9.17, 15) is 0 Å². The van der Waals surface area contributed by atoms with Crippen LogP contribution < -0.4 is 5.32 Å². The third kappa shape index (κ3) is 6.16. The average molecular weight is 213 g/mol. The zero-order valence-electron chi connectivity index (χ0n) is 10.4. The lowest BCUT2D eigenvalue weighted by molar-refractivity contribution is 0.156. The van der Waals surface area contributed by atoms with Crippen LogP contribution in [0.1, 0.15) is 51.9 Å². The van der Waals surface area contributed by atoms with Crippen LogP contribution in [0.3, 0.4) is 0 Å². The normalized spacial score (nSPS) is 22.0. The highest BCUT2D eigenvalue weighted by Crippen LogP contribution is 2.17. The Hall–Kier alpha value is -0.0800. The van der Waals surface area contributed by atoms with Gasteiger partial charge in [-0.05, 0) is 18.8 Å². The first-order chi connectivity index (χ1) is 7.33. The van der Waals surface area contributed by atoms with E-state index < -0.39 is 0 Å². The van der Waals surface area contributed by atoms with E-state index in [0.717, 1.165) is 19.2 Å². The summed E-state index contributed by atoms with van der Waals surface area (Å²) in [5, 5.41) is 3.69. The van der Waals surface area contributed by atoms with E-state index >= 15 is 0 Å². The molecule has 90 valence electrons. The molecule has 0 bridgehead atoms. The summed E-state index contributed by atoms with van der Waals surface area (Å²) in [6.45, 7) is 4.23. The maximum Gasteiger partial charge on any atom is 0.0499 e. The molecule has 2 heteroatoms. The Morgan fingerprint density at radius 1 is 1.13 bits per heavy atom. The first kappa shape index (κ1) is 13.0. The van der Waals surface area contributed by atoms with Crippen LogP contribution >= 0.6 is 0 Å². The molecule has 0 aromatic carbocycles. The first-order valence-corrected chi connectivity index (χ1v) is 6.55. The van der Waals surface area contributed by atoms with Crippen molar-refractivity contribution in [3.8, 4) is 0 Å². The highest BCUT2D eigenvalue weighted by molar-refractivity contribution is 4.70. The van der Waals surface area contributed by atoms with Gasteiger partial charge in [-0.1, -0.05) is 39.0 Å². The van der Waals surface area contributed by atoms with Crippen molar-refractivity contribution >= 4 is 0 Å². The van der Waals surface area contributed by atoms with Crippen molar-refractivity contribution in [1.29, 1.82) is 0 Å². The maximum absolute atomic E-state index is 5.15. The number of rotatable bonds is 5. The third-order valence-electron chi connectivity index (χ3n) is 3.31. The largest absolute Gasteiger partial charge is 0.384 e. The molecule has 1 atom stereocenters. The summed E-state index contributed by atoms with van der Waals surface area (Å²) >= 11 is 0. The molecule has 2 nitrogen and oxygen atoms in total. The molecule has 0 aromatic rings. The second-order valence-corrected chi connectivity index (χ2v) is 5.01. The van der Waals surface area contributed by atoms with Crippen molar-refractivity contribution in [2.75, 3.05) is 20.3 Å². The minimum Gasteiger partial charge on any atom is -0.384 e. The fourth-order valence-corrected chi connectivity index (χ4v) is 2.37. The Morgan fingerprint density at radius 2 is 1.73 bits per heavy atom. The van der Waals surface area contributed by atoms with Crippen molar-refractivity contribution in [2.45, 2.75) is 57.9 Å². The van der Waals surface area contributed by atoms with Crippen LogP contribution in [0, 0.1) is 5.92 Å². The minimum absolute atomic E-state index is 0.639. The van der Waals surface area contributed by atoms with Crippen LogP contribution in [0.25, 0.3) is 0 Å². The zero-order chi connectivity index (χ0) is 10.9. The number of methoxy groups -OCH3 is 1. The van der Waals surface area contributed by atoms with Crippen LogP contribution in [-0.2, 0) is 4.74 Å². The maximum atomic E-state index is 5.15. The van der Waals surface area contributed by atoms with Gasteiger partial charge < -0.3 is 10.1 Å². The summed E-state index contributed by atoms with van der Waals surface area (Å²) in [6, 6.07) is 0.768. The number of hydrogen-bond acceptors (Lipinski definition) is 2. The standard InChI is InChI=1S/C13H27NO/c1-12(11-15-2)10-14-13-8-6-4-3-5-7-9-13/h12-14H,3-11H2,1-2H3. The van der Waals surface area contributed by atoms with Crippen LogP contribution in [0.2, 0.25) is 0 Å². The zero-order valence-corrected chi connectivity index (χ0v) is 10.4. The Kier molecular flexibility index (Phi) is 7.03. The molecule has 0 amide bonds. The van der Waals surface area contributed by atoms with Gasteiger partial charge in [0.25, 0.3) is 0 Å². The molecule has 1 rings (SSSR count). The van der Waals surface area contributed by atoms with Gasteiger partial charge in [0.05, 0.1) is 0 Å². The predicted molar refractivity (Wildman–Crippen MR) is 65.1 cm³/mol. The van der Waals surface area contributed by atoms with E-state index in [2.05, 4.69) is 12.2 Å². The second-order valence-electron chi connectivity index (χ2n) is 5.01. The predicted octanol–water partition coefficient (Wildman–Crippen LogP) is 2.97. The molecule has 1 aliphatic rings. The van der Waals surface area contributed by atoms with Crippen molar-refractivity contribution < 1.29 is 4.74 Å². The average Bonchev–Trinajstić information content (AvgIpc) is 2.16. The topological polar surface area (TPSA) is 21.3 Å². The van der Waals surface area contributed by atoms with Gasteiger partial charge in [0.2, 0.25) is 0 Å². The smallest absolute Gasteiger partial charge is 0.0499 e. The van der Waals surface area contributed by atoms with Crippen molar-refractivity contribution in [2.24, 2.45) is 5.92 Å². The Bertz CT molecular complexity index is 141. The summed E-state index contributed by atoms with van der Waals surface area (Å²) in [5.41, 5.74) is 0. The van der Waals surface area contributed by atoms with Gasteiger partial charge in [-0.2, -0.15) is 0 Å². The van der Waals surface area contributed by atoms with Gasteiger partial charge >= 0.3 is 0 Å². The van der Waals surface area contributed by atoms with E-state index in [1.54, 1.807) is 7.11 Å². The van der Waals surface area contributed by atoms with Gasteiger partial charge in [0.1, 0.15) is 0 Å². The van der Waals surface area contributed by atoms with Crippen molar-refractivity contribution in [1.82, 2.24) is 5.32 Å². The molecule has 0 saturated heterocycles. The van der Waals surface area contributed by atoms with Gasteiger partial charge in [0, 0.05) is 26.3 Å². The summed E-state index contributed by atoms with van der Waals surface area (Å²) in [4.78, 5) is 0. The number of ether oxygens (including phenoxy) is 1. The molecule has 1 fully saturated rings. The van der Waals surface area contributed by atoms with E-state index in [4.69, 9.17) is 4.74 Å². The summed E-state index contributed by atoms with van der Waals surface area (Å²) in [7, 11) is 1.78. The quantitative estimate of drug-likeness (QED) is 0.758. The molecular weight excluding hydrogens is 186 g/mol. The highest BCUT2D eigenvalue weighted by atomic mass is 16.5. The minimum atomic E-state index is 0.639. The van der Waals surface area contributed by atoms with Gasteiger partial charge in [0.15, 0.2) is 0 Å². The lowest BCUT2D eigenvalue weighted by Gasteiger charge is -2.22. The summed E-state index contributed by atoms with van der Waals surface area (Å²) in [5.74, 6) is 0.639. The molecular formula is C13H27NO. The molecule has 1 aliphatic carbocycles. The summed E-state index contributed by atoms with van der Waals surface area (Å²) in [6.07, 6.45) is 9.90. The molecule has 1 N–H and O–H groups in total. The SMILES string of the molecule is COCC(C)CNC1CCCCCCC1. The molecule has 1 unspecified atom stereocenters. The van der Waals surface area contributed by atoms with E-state index in [1.807, 2.05) is 0 Å². The number of nitrogens with one attached hydrogen (secondary N) is 1. The van der Waals surface area contributed by atoms with E-state index in [0.29, 0.717) is 5.92 Å². The molecule has 15 heavy (non-hydrogen) atoms. The van der Waals surface area contributed by atoms with Gasteiger partial charge in [-0.25, -0.2) is 0 Å². The Labute approximate surface area is 94.8 Å². The summed E-state index contributed by atoms with van der Waals surface area (Å²) < 4.78 is 5.15. The van der Waals surface area contributed by atoms with Gasteiger partial charge in [-0.15, -0.1) is 0 Å². The number of hydrogen-bond donors (Lipinski definition) is 1. The van der Waals surface area contributed by atoms with E-state index in [-0.39, 0.29) is 0 Å². The Balaban J connectivity index is 2.11.